The molecule has 112 valence electrons. The lowest BCUT2D eigenvalue weighted by molar-refractivity contribution is 0.161. The molecule has 1 aromatic carbocycles. The summed E-state index contributed by atoms with van der Waals surface area (Å²) in [5, 5.41) is 3.55. The van der Waals surface area contributed by atoms with Crippen molar-refractivity contribution in [2.75, 3.05) is 38.3 Å². The summed E-state index contributed by atoms with van der Waals surface area (Å²) in [4.78, 5) is 2.51. The third-order valence-electron chi connectivity index (χ3n) is 3.89. The first-order chi connectivity index (χ1) is 9.70. The number of nitrogens with one attached hydrogen (secondary N) is 1. The fraction of sp³-hybridized carbons (Fsp3) is 0.647. The van der Waals surface area contributed by atoms with E-state index in [1.165, 1.54) is 17.7 Å². The normalized spacial score (nSPS) is 19.0. The van der Waals surface area contributed by atoms with Gasteiger partial charge in [0.25, 0.3) is 0 Å². The number of methoxy groups -OCH3 is 1. The highest BCUT2D eigenvalue weighted by Crippen LogP contribution is 2.27. The molecule has 1 aromatic rings. The van der Waals surface area contributed by atoms with Gasteiger partial charge in [0, 0.05) is 38.3 Å². The van der Waals surface area contributed by atoms with Crippen LogP contribution in [0.2, 0.25) is 0 Å². The molecule has 1 N–H and O–H groups in total. The van der Waals surface area contributed by atoms with Crippen molar-refractivity contribution in [1.82, 2.24) is 5.32 Å². The van der Waals surface area contributed by atoms with E-state index in [0.717, 1.165) is 32.8 Å². The van der Waals surface area contributed by atoms with Crippen molar-refractivity contribution in [1.29, 1.82) is 0 Å². The lowest BCUT2D eigenvalue weighted by atomic mass is 10.1. The topological polar surface area (TPSA) is 24.5 Å². The Bertz CT molecular complexity index is 406. The standard InChI is InChI=1S/C17H28N2O/c1-14(2)10-18-11-16-6-4-5-7-17(16)19-9-8-15(12-19)13-20-3/h4-7,14-15,18H,8-13H2,1-3H3. The van der Waals surface area contributed by atoms with Gasteiger partial charge in [-0.05, 0) is 30.5 Å². The zero-order valence-electron chi connectivity index (χ0n) is 13.1. The first kappa shape index (κ1) is 15.3. The van der Waals surface area contributed by atoms with Gasteiger partial charge in [-0.25, -0.2) is 0 Å². The third kappa shape index (κ3) is 4.22. The summed E-state index contributed by atoms with van der Waals surface area (Å²) in [6.45, 7) is 9.67. The number of hydrogen-bond acceptors (Lipinski definition) is 3. The lowest BCUT2D eigenvalue weighted by Gasteiger charge is -2.22. The number of hydrogen-bond donors (Lipinski definition) is 1. The quantitative estimate of drug-likeness (QED) is 0.829. The maximum Gasteiger partial charge on any atom is 0.0508 e. The predicted octanol–water partition coefficient (Wildman–Crippen LogP) is 2.90. The Morgan fingerprint density at radius 3 is 2.90 bits per heavy atom. The Morgan fingerprint density at radius 1 is 1.35 bits per heavy atom. The van der Waals surface area contributed by atoms with E-state index in [4.69, 9.17) is 4.74 Å². The van der Waals surface area contributed by atoms with Crippen LogP contribution in [0.4, 0.5) is 5.69 Å². The van der Waals surface area contributed by atoms with Gasteiger partial charge in [0.15, 0.2) is 0 Å². The van der Waals surface area contributed by atoms with Crippen molar-refractivity contribution >= 4 is 5.69 Å². The minimum absolute atomic E-state index is 0.677. The molecule has 20 heavy (non-hydrogen) atoms. The largest absolute Gasteiger partial charge is 0.384 e. The maximum absolute atomic E-state index is 5.29. The monoisotopic (exact) mass is 276 g/mol. The number of nitrogens with zero attached hydrogens (tertiary/aromatic N) is 1. The fourth-order valence-electron chi connectivity index (χ4n) is 2.89. The van der Waals surface area contributed by atoms with E-state index in [9.17, 15) is 0 Å². The van der Waals surface area contributed by atoms with Gasteiger partial charge in [-0.2, -0.15) is 0 Å². The van der Waals surface area contributed by atoms with Gasteiger partial charge in [0.1, 0.15) is 0 Å². The van der Waals surface area contributed by atoms with Crippen LogP contribution in [-0.2, 0) is 11.3 Å². The molecular weight excluding hydrogens is 248 g/mol. The van der Waals surface area contributed by atoms with Crippen molar-refractivity contribution in [2.45, 2.75) is 26.8 Å². The van der Waals surface area contributed by atoms with Crippen LogP contribution in [0.5, 0.6) is 0 Å². The molecule has 0 saturated carbocycles. The van der Waals surface area contributed by atoms with Crippen LogP contribution in [0.3, 0.4) is 0 Å². The second-order valence-electron chi connectivity index (χ2n) is 6.21. The molecule has 1 aliphatic rings. The number of para-hydroxylation sites is 1. The highest BCUT2D eigenvalue weighted by molar-refractivity contribution is 5.54. The highest BCUT2D eigenvalue weighted by atomic mass is 16.5. The molecule has 1 fully saturated rings. The Morgan fingerprint density at radius 2 is 2.15 bits per heavy atom. The van der Waals surface area contributed by atoms with Gasteiger partial charge in [0.05, 0.1) is 6.61 Å². The van der Waals surface area contributed by atoms with E-state index in [1.807, 2.05) is 0 Å². The number of rotatable bonds is 7. The highest BCUT2D eigenvalue weighted by Gasteiger charge is 2.23. The van der Waals surface area contributed by atoms with Gasteiger partial charge >= 0.3 is 0 Å². The summed E-state index contributed by atoms with van der Waals surface area (Å²) in [6.07, 6.45) is 1.24. The Balaban J connectivity index is 1.97. The van der Waals surface area contributed by atoms with Crippen LogP contribution < -0.4 is 10.2 Å². The van der Waals surface area contributed by atoms with Gasteiger partial charge < -0.3 is 15.0 Å². The van der Waals surface area contributed by atoms with Crippen molar-refractivity contribution < 1.29 is 4.74 Å². The van der Waals surface area contributed by atoms with Crippen molar-refractivity contribution in [3.63, 3.8) is 0 Å². The van der Waals surface area contributed by atoms with E-state index in [1.54, 1.807) is 7.11 Å². The number of ether oxygens (including phenoxy) is 1. The minimum Gasteiger partial charge on any atom is -0.384 e. The SMILES string of the molecule is COCC1CCN(c2ccccc2CNCC(C)C)C1. The number of benzene rings is 1. The molecule has 1 heterocycles. The van der Waals surface area contributed by atoms with Crippen molar-refractivity contribution in [2.24, 2.45) is 11.8 Å². The molecule has 0 amide bonds. The van der Waals surface area contributed by atoms with E-state index in [2.05, 4.69) is 48.3 Å². The van der Waals surface area contributed by atoms with E-state index in [-0.39, 0.29) is 0 Å². The van der Waals surface area contributed by atoms with Crippen LogP contribution in [0.25, 0.3) is 0 Å². The molecule has 0 aliphatic carbocycles. The number of anilines is 1. The summed E-state index contributed by atoms with van der Waals surface area (Å²) in [7, 11) is 1.80. The van der Waals surface area contributed by atoms with Gasteiger partial charge in [-0.3, -0.25) is 0 Å². The molecule has 0 bridgehead atoms. The van der Waals surface area contributed by atoms with E-state index >= 15 is 0 Å². The molecule has 1 saturated heterocycles. The summed E-state index contributed by atoms with van der Waals surface area (Å²) in [5.74, 6) is 1.37. The average molecular weight is 276 g/mol. The first-order valence-corrected chi connectivity index (χ1v) is 7.73. The van der Waals surface area contributed by atoms with Crippen LogP contribution in [-0.4, -0.2) is 33.4 Å². The van der Waals surface area contributed by atoms with Crippen LogP contribution >= 0.6 is 0 Å². The second kappa shape index (κ2) is 7.65. The molecule has 0 spiro atoms. The van der Waals surface area contributed by atoms with Gasteiger partial charge in [-0.15, -0.1) is 0 Å². The van der Waals surface area contributed by atoms with E-state index < -0.39 is 0 Å². The minimum atomic E-state index is 0.677. The van der Waals surface area contributed by atoms with Crippen molar-refractivity contribution in [3.05, 3.63) is 29.8 Å². The zero-order chi connectivity index (χ0) is 14.4. The molecular formula is C17H28N2O. The Labute approximate surface area is 123 Å². The summed E-state index contributed by atoms with van der Waals surface area (Å²) in [5.41, 5.74) is 2.80. The van der Waals surface area contributed by atoms with Crippen molar-refractivity contribution in [3.8, 4) is 0 Å². The molecule has 1 aliphatic heterocycles. The smallest absolute Gasteiger partial charge is 0.0508 e. The predicted molar refractivity (Wildman–Crippen MR) is 85.2 cm³/mol. The van der Waals surface area contributed by atoms with Crippen LogP contribution in [0.15, 0.2) is 24.3 Å². The third-order valence-corrected chi connectivity index (χ3v) is 3.89. The fourth-order valence-corrected chi connectivity index (χ4v) is 2.89. The summed E-state index contributed by atoms with van der Waals surface area (Å²) in [6, 6.07) is 8.78. The lowest BCUT2D eigenvalue weighted by Crippen LogP contribution is -2.24. The Hall–Kier alpha value is -1.06. The van der Waals surface area contributed by atoms with Gasteiger partial charge in [0.2, 0.25) is 0 Å². The summed E-state index contributed by atoms with van der Waals surface area (Å²) >= 11 is 0. The zero-order valence-corrected chi connectivity index (χ0v) is 13.1. The molecule has 0 radical (unpaired) electrons. The first-order valence-electron chi connectivity index (χ1n) is 7.73. The Kier molecular flexibility index (Phi) is 5.86. The van der Waals surface area contributed by atoms with Crippen LogP contribution in [0, 0.1) is 11.8 Å². The second-order valence-corrected chi connectivity index (χ2v) is 6.21. The van der Waals surface area contributed by atoms with Crippen LogP contribution in [0.1, 0.15) is 25.8 Å². The van der Waals surface area contributed by atoms with E-state index in [0.29, 0.717) is 11.8 Å². The molecule has 2 rings (SSSR count). The summed E-state index contributed by atoms with van der Waals surface area (Å²) < 4.78 is 5.29. The molecule has 1 atom stereocenters. The molecule has 0 aromatic heterocycles. The molecule has 1 unspecified atom stereocenters. The maximum atomic E-state index is 5.29. The molecule has 3 nitrogen and oxygen atoms in total. The molecule has 3 heteroatoms. The average Bonchev–Trinajstić information content (AvgIpc) is 2.88. The van der Waals surface area contributed by atoms with Gasteiger partial charge in [-0.1, -0.05) is 32.0 Å².